The fourth-order valence-electron chi connectivity index (χ4n) is 2.73. The predicted octanol–water partition coefficient (Wildman–Crippen LogP) is 3.89. The van der Waals surface area contributed by atoms with Crippen molar-refractivity contribution >= 4 is 0 Å². The largest absolute Gasteiger partial charge is 0.490 e. The lowest BCUT2D eigenvalue weighted by Crippen LogP contribution is -2.25. The van der Waals surface area contributed by atoms with E-state index in [1.165, 1.54) is 24.0 Å². The van der Waals surface area contributed by atoms with Gasteiger partial charge in [0.2, 0.25) is 0 Å². The number of aliphatic hydroxyl groups excluding tert-OH is 1. The molecule has 19 heavy (non-hydrogen) atoms. The summed E-state index contributed by atoms with van der Waals surface area (Å²) < 4.78 is 6.30. The van der Waals surface area contributed by atoms with Gasteiger partial charge in [-0.3, -0.25) is 0 Å². The molecule has 1 aliphatic carbocycles. The third kappa shape index (κ3) is 2.94. The van der Waals surface area contributed by atoms with Crippen LogP contribution in [0, 0.1) is 13.8 Å². The smallest absolute Gasteiger partial charge is 0.126 e. The maximum Gasteiger partial charge on any atom is 0.126 e. The summed E-state index contributed by atoms with van der Waals surface area (Å²) in [6.07, 6.45) is 5.22. The first-order valence-corrected chi connectivity index (χ1v) is 7.34. The minimum absolute atomic E-state index is 0.135. The molecule has 0 amide bonds. The number of rotatable bonds is 4. The fraction of sp³-hybridized carbons (Fsp3) is 0.647. The van der Waals surface area contributed by atoms with Gasteiger partial charge >= 0.3 is 0 Å². The second-order valence-corrected chi connectivity index (χ2v) is 6.45. The van der Waals surface area contributed by atoms with E-state index in [1.54, 1.807) is 0 Å². The van der Waals surface area contributed by atoms with Gasteiger partial charge in [-0.2, -0.15) is 0 Å². The van der Waals surface area contributed by atoms with Crippen molar-refractivity contribution in [3.63, 3.8) is 0 Å². The monoisotopic (exact) mass is 262 g/mol. The van der Waals surface area contributed by atoms with E-state index in [0.29, 0.717) is 6.10 Å². The van der Waals surface area contributed by atoms with Crippen molar-refractivity contribution in [3.8, 4) is 5.75 Å². The Bertz CT molecular complexity index is 443. The first-order valence-electron chi connectivity index (χ1n) is 7.34. The van der Waals surface area contributed by atoms with Crippen LogP contribution in [0.4, 0.5) is 0 Å². The van der Waals surface area contributed by atoms with E-state index in [0.717, 1.165) is 24.2 Å². The number of aliphatic hydroxyl groups is 1. The second-order valence-electron chi connectivity index (χ2n) is 6.45. The molecule has 0 bridgehead atoms. The van der Waals surface area contributed by atoms with E-state index >= 15 is 0 Å². The lowest BCUT2D eigenvalue weighted by molar-refractivity contribution is 0.187. The van der Waals surface area contributed by atoms with Gasteiger partial charge in [-0.15, -0.1) is 0 Å². The van der Waals surface area contributed by atoms with Gasteiger partial charge in [0.1, 0.15) is 5.75 Å². The second kappa shape index (κ2) is 5.54. The minimum atomic E-state index is -0.258. The van der Waals surface area contributed by atoms with Crippen LogP contribution in [0.5, 0.6) is 5.75 Å². The van der Waals surface area contributed by atoms with Crippen LogP contribution >= 0.6 is 0 Å². The van der Waals surface area contributed by atoms with Gasteiger partial charge in [0, 0.05) is 11.0 Å². The van der Waals surface area contributed by atoms with Crippen LogP contribution in [-0.4, -0.2) is 17.8 Å². The molecule has 2 rings (SSSR count). The topological polar surface area (TPSA) is 29.5 Å². The number of benzene rings is 1. The summed E-state index contributed by atoms with van der Waals surface area (Å²) in [5, 5.41) is 9.64. The van der Waals surface area contributed by atoms with E-state index < -0.39 is 0 Å². The van der Waals surface area contributed by atoms with Gasteiger partial charge in [0.05, 0.1) is 12.7 Å². The van der Waals surface area contributed by atoms with Gasteiger partial charge < -0.3 is 9.84 Å². The van der Waals surface area contributed by atoms with Crippen LogP contribution in [0.3, 0.4) is 0 Å². The number of aryl methyl sites for hydroxylation is 1. The zero-order chi connectivity index (χ0) is 14.0. The van der Waals surface area contributed by atoms with Crippen molar-refractivity contribution in [1.82, 2.24) is 0 Å². The van der Waals surface area contributed by atoms with Gasteiger partial charge in [-0.25, -0.2) is 0 Å². The van der Waals surface area contributed by atoms with Gasteiger partial charge in [0.15, 0.2) is 0 Å². The van der Waals surface area contributed by atoms with E-state index in [2.05, 4.69) is 39.8 Å². The molecule has 1 aromatic carbocycles. The summed E-state index contributed by atoms with van der Waals surface area (Å²) in [6, 6.07) is 4.24. The molecule has 0 saturated heterocycles. The van der Waals surface area contributed by atoms with Crippen LogP contribution < -0.4 is 4.74 Å². The highest BCUT2D eigenvalue weighted by Crippen LogP contribution is 2.37. The maximum atomic E-state index is 9.64. The summed E-state index contributed by atoms with van der Waals surface area (Å²) in [5.41, 5.74) is 3.34. The lowest BCUT2D eigenvalue weighted by Gasteiger charge is -2.28. The molecule has 1 saturated carbocycles. The molecule has 0 aliphatic heterocycles. The van der Waals surface area contributed by atoms with Crippen molar-refractivity contribution in [3.05, 3.63) is 28.8 Å². The summed E-state index contributed by atoms with van der Waals surface area (Å²) in [4.78, 5) is 0. The minimum Gasteiger partial charge on any atom is -0.490 e. The Morgan fingerprint density at radius 1 is 1.21 bits per heavy atom. The first kappa shape index (κ1) is 14.4. The third-order valence-corrected chi connectivity index (χ3v) is 4.39. The zero-order valence-electron chi connectivity index (χ0n) is 12.6. The lowest BCUT2D eigenvalue weighted by atomic mass is 9.83. The zero-order valence-corrected chi connectivity index (χ0v) is 12.6. The molecular weight excluding hydrogens is 236 g/mol. The van der Waals surface area contributed by atoms with Crippen molar-refractivity contribution < 1.29 is 9.84 Å². The summed E-state index contributed by atoms with van der Waals surface area (Å²) in [7, 11) is 0. The standard InChI is InChI=1S/C17H26O2/c1-12-9-10-15(17(3,4)11-18)16(13(12)2)19-14-7-5-6-8-14/h9-10,14,18H,5-8,11H2,1-4H3. The third-order valence-electron chi connectivity index (χ3n) is 4.39. The molecule has 0 spiro atoms. The Labute approximate surface area is 116 Å². The number of ether oxygens (including phenoxy) is 1. The van der Waals surface area contributed by atoms with E-state index in [9.17, 15) is 5.11 Å². The average Bonchev–Trinajstić information content (AvgIpc) is 2.88. The average molecular weight is 262 g/mol. The molecule has 1 fully saturated rings. The summed E-state index contributed by atoms with van der Waals surface area (Å²) in [6.45, 7) is 8.51. The Balaban J connectivity index is 2.39. The maximum absolute atomic E-state index is 9.64. The Morgan fingerprint density at radius 2 is 1.84 bits per heavy atom. The van der Waals surface area contributed by atoms with Crippen molar-refractivity contribution in [2.75, 3.05) is 6.61 Å². The Kier molecular flexibility index (Phi) is 4.19. The number of hydrogen-bond acceptors (Lipinski definition) is 2. The fourth-order valence-corrected chi connectivity index (χ4v) is 2.73. The van der Waals surface area contributed by atoms with Crippen molar-refractivity contribution in [2.45, 2.75) is 64.9 Å². The van der Waals surface area contributed by atoms with Crippen molar-refractivity contribution in [2.24, 2.45) is 0 Å². The quantitative estimate of drug-likeness (QED) is 0.892. The highest BCUT2D eigenvalue weighted by atomic mass is 16.5. The molecule has 1 N–H and O–H groups in total. The molecule has 0 unspecified atom stereocenters. The van der Waals surface area contributed by atoms with Crippen LogP contribution in [0.15, 0.2) is 12.1 Å². The molecule has 1 aliphatic rings. The van der Waals surface area contributed by atoms with Gasteiger partial charge in [-0.05, 0) is 50.7 Å². The summed E-state index contributed by atoms with van der Waals surface area (Å²) in [5.74, 6) is 1.01. The summed E-state index contributed by atoms with van der Waals surface area (Å²) >= 11 is 0. The highest BCUT2D eigenvalue weighted by Gasteiger charge is 2.27. The molecule has 2 heteroatoms. The van der Waals surface area contributed by atoms with Crippen LogP contribution in [0.2, 0.25) is 0 Å². The molecule has 1 aromatic rings. The van der Waals surface area contributed by atoms with Crippen LogP contribution in [0.25, 0.3) is 0 Å². The van der Waals surface area contributed by atoms with E-state index in [1.807, 2.05) is 0 Å². The molecule has 106 valence electrons. The molecule has 0 aromatic heterocycles. The molecular formula is C17H26O2. The van der Waals surface area contributed by atoms with E-state index in [4.69, 9.17) is 4.74 Å². The highest BCUT2D eigenvalue weighted by molar-refractivity contribution is 5.48. The normalized spacial score (nSPS) is 16.9. The van der Waals surface area contributed by atoms with Crippen molar-refractivity contribution in [1.29, 1.82) is 0 Å². The molecule has 2 nitrogen and oxygen atoms in total. The van der Waals surface area contributed by atoms with Gasteiger partial charge in [-0.1, -0.05) is 26.0 Å². The molecule has 0 radical (unpaired) electrons. The molecule has 0 heterocycles. The Hall–Kier alpha value is -1.02. The van der Waals surface area contributed by atoms with Crippen LogP contribution in [0.1, 0.15) is 56.2 Å². The Morgan fingerprint density at radius 3 is 2.42 bits per heavy atom. The van der Waals surface area contributed by atoms with Gasteiger partial charge in [0.25, 0.3) is 0 Å². The number of hydrogen-bond donors (Lipinski definition) is 1. The molecule has 0 atom stereocenters. The predicted molar refractivity (Wildman–Crippen MR) is 78.9 cm³/mol. The first-order chi connectivity index (χ1) is 8.95. The van der Waals surface area contributed by atoms with E-state index in [-0.39, 0.29) is 12.0 Å². The SMILES string of the molecule is Cc1ccc(C(C)(C)CO)c(OC2CCCC2)c1C. The van der Waals surface area contributed by atoms with Crippen LogP contribution in [-0.2, 0) is 5.41 Å².